The molecule has 1 aliphatic rings. The highest BCUT2D eigenvalue weighted by Crippen LogP contribution is 2.39. The fourth-order valence-corrected chi connectivity index (χ4v) is 1.90. The number of hydrogen-bond acceptors (Lipinski definition) is 4. The molecule has 1 aromatic rings. The summed E-state index contributed by atoms with van der Waals surface area (Å²) in [6.45, 7) is 1.72. The Kier molecular flexibility index (Phi) is 2.23. The molecule has 5 heteroatoms. The Hall–Kier alpha value is -1.42. The number of carbonyl (C=O) groups excluding carboxylic acids is 1. The summed E-state index contributed by atoms with van der Waals surface area (Å²) in [6.07, 6.45) is 0.0886. The lowest BCUT2D eigenvalue weighted by molar-refractivity contribution is 0.0297. The summed E-state index contributed by atoms with van der Waals surface area (Å²) in [6, 6.07) is 1.04. The summed E-state index contributed by atoms with van der Waals surface area (Å²) in [5.74, 6) is -1.14. The molecule has 0 spiro atoms. The zero-order chi connectivity index (χ0) is 11.2. The third-order valence-corrected chi connectivity index (χ3v) is 2.75. The molecule has 0 radical (unpaired) electrons. The second-order valence-corrected chi connectivity index (χ2v) is 3.88. The van der Waals surface area contributed by atoms with Gasteiger partial charge in [-0.15, -0.1) is 0 Å². The molecule has 0 saturated heterocycles. The monoisotopic (exact) mass is 228 g/mol. The van der Waals surface area contributed by atoms with Gasteiger partial charge >= 0.3 is 5.97 Å². The Morgan fingerprint density at radius 1 is 1.47 bits per heavy atom. The second kappa shape index (κ2) is 3.31. The van der Waals surface area contributed by atoms with Crippen LogP contribution in [-0.4, -0.2) is 22.3 Å². The van der Waals surface area contributed by atoms with Crippen molar-refractivity contribution in [2.45, 2.75) is 19.4 Å². The summed E-state index contributed by atoms with van der Waals surface area (Å²) in [5, 5.41) is 19.0. The van der Waals surface area contributed by atoms with Gasteiger partial charge in [-0.3, -0.25) is 0 Å². The van der Waals surface area contributed by atoms with Crippen LogP contribution in [0.4, 0.5) is 0 Å². The summed E-state index contributed by atoms with van der Waals surface area (Å²) in [7, 11) is 0. The van der Waals surface area contributed by atoms with Gasteiger partial charge in [-0.2, -0.15) is 0 Å². The van der Waals surface area contributed by atoms with E-state index in [9.17, 15) is 15.0 Å². The van der Waals surface area contributed by atoms with E-state index in [4.69, 9.17) is 16.3 Å². The van der Waals surface area contributed by atoms with Gasteiger partial charge < -0.3 is 14.9 Å². The molecule has 4 nitrogen and oxygen atoms in total. The first kappa shape index (κ1) is 10.1. The van der Waals surface area contributed by atoms with Crippen LogP contribution in [0.2, 0.25) is 5.02 Å². The number of cyclic esters (lactones) is 1. The minimum atomic E-state index is -0.608. The standard InChI is InChI=1S/C10H9ClO4/c1-4-2-5-8(10(14)15-4)6(12)3-7(13)9(5)11/h3-4,12-13H,2H2,1H3/t4-/m1/s1. The number of esters is 1. The first-order valence-electron chi connectivity index (χ1n) is 4.45. The van der Waals surface area contributed by atoms with Crippen molar-refractivity contribution < 1.29 is 19.7 Å². The Labute approximate surface area is 91.1 Å². The smallest absolute Gasteiger partial charge is 0.342 e. The highest BCUT2D eigenvalue weighted by molar-refractivity contribution is 6.33. The second-order valence-electron chi connectivity index (χ2n) is 3.50. The maximum absolute atomic E-state index is 11.5. The SMILES string of the molecule is C[C@@H]1Cc2c(Cl)c(O)cc(O)c2C(=O)O1. The van der Waals surface area contributed by atoms with Gasteiger partial charge in [-0.25, -0.2) is 4.79 Å². The highest BCUT2D eigenvalue weighted by atomic mass is 35.5. The van der Waals surface area contributed by atoms with Crippen LogP contribution in [0.1, 0.15) is 22.8 Å². The minimum Gasteiger partial charge on any atom is -0.507 e. The lowest BCUT2D eigenvalue weighted by atomic mass is 9.98. The summed E-state index contributed by atoms with van der Waals surface area (Å²) in [5.41, 5.74) is 0.494. The van der Waals surface area contributed by atoms with Crippen LogP contribution in [0.3, 0.4) is 0 Å². The Morgan fingerprint density at radius 3 is 2.80 bits per heavy atom. The lowest BCUT2D eigenvalue weighted by Gasteiger charge is -2.23. The van der Waals surface area contributed by atoms with Crippen molar-refractivity contribution in [3.05, 3.63) is 22.2 Å². The van der Waals surface area contributed by atoms with Gasteiger partial charge in [0.2, 0.25) is 0 Å². The van der Waals surface area contributed by atoms with Gasteiger partial charge in [0, 0.05) is 12.5 Å². The van der Waals surface area contributed by atoms with Gasteiger partial charge in [0.1, 0.15) is 23.2 Å². The number of carbonyl (C=O) groups is 1. The summed E-state index contributed by atoms with van der Waals surface area (Å²) < 4.78 is 4.95. The number of ether oxygens (including phenoxy) is 1. The number of benzene rings is 1. The number of rotatable bonds is 0. The van der Waals surface area contributed by atoms with E-state index in [0.717, 1.165) is 6.07 Å². The van der Waals surface area contributed by atoms with E-state index in [1.54, 1.807) is 6.92 Å². The lowest BCUT2D eigenvalue weighted by Crippen LogP contribution is -2.25. The molecule has 0 fully saturated rings. The average Bonchev–Trinajstić information content (AvgIpc) is 2.12. The summed E-state index contributed by atoms with van der Waals surface area (Å²) >= 11 is 5.84. The van der Waals surface area contributed by atoms with Crippen LogP contribution in [0.5, 0.6) is 11.5 Å². The van der Waals surface area contributed by atoms with Gasteiger partial charge in [0.25, 0.3) is 0 Å². The zero-order valence-corrected chi connectivity index (χ0v) is 8.71. The molecule has 1 aliphatic heterocycles. The van der Waals surface area contributed by atoms with E-state index in [1.165, 1.54) is 0 Å². The van der Waals surface area contributed by atoms with E-state index in [1.807, 2.05) is 0 Å². The third kappa shape index (κ3) is 1.51. The van der Waals surface area contributed by atoms with E-state index in [-0.39, 0.29) is 28.2 Å². The number of phenolic OH excluding ortho intramolecular Hbond substituents is 2. The first-order chi connectivity index (χ1) is 7.00. The molecule has 0 saturated carbocycles. The number of halogens is 1. The molecule has 0 unspecified atom stereocenters. The van der Waals surface area contributed by atoms with E-state index in [2.05, 4.69) is 0 Å². The summed E-state index contributed by atoms with van der Waals surface area (Å²) in [4.78, 5) is 11.5. The molecule has 2 rings (SSSR count). The fraction of sp³-hybridized carbons (Fsp3) is 0.300. The van der Waals surface area contributed by atoms with Crippen molar-refractivity contribution in [3.63, 3.8) is 0 Å². The van der Waals surface area contributed by atoms with Crippen molar-refractivity contribution in [3.8, 4) is 11.5 Å². The molecule has 0 aromatic heterocycles. The molecular formula is C10H9ClO4. The van der Waals surface area contributed by atoms with Crippen LogP contribution in [0.25, 0.3) is 0 Å². The van der Waals surface area contributed by atoms with Crippen LogP contribution in [0.15, 0.2) is 6.07 Å². The van der Waals surface area contributed by atoms with Gasteiger partial charge in [0.15, 0.2) is 0 Å². The Balaban J connectivity index is 2.69. The van der Waals surface area contributed by atoms with Crippen LogP contribution in [-0.2, 0) is 11.2 Å². The Bertz CT molecular complexity index is 442. The maximum atomic E-state index is 11.5. The largest absolute Gasteiger partial charge is 0.507 e. The molecule has 0 aliphatic carbocycles. The highest BCUT2D eigenvalue weighted by Gasteiger charge is 2.30. The van der Waals surface area contributed by atoms with Gasteiger partial charge in [-0.1, -0.05) is 11.6 Å². The molecule has 0 bridgehead atoms. The fourth-order valence-electron chi connectivity index (χ4n) is 1.67. The third-order valence-electron chi connectivity index (χ3n) is 2.33. The van der Waals surface area contributed by atoms with Crippen LogP contribution < -0.4 is 0 Å². The number of fused-ring (bicyclic) bond motifs is 1. The maximum Gasteiger partial charge on any atom is 0.342 e. The topological polar surface area (TPSA) is 66.8 Å². The van der Waals surface area contributed by atoms with E-state index >= 15 is 0 Å². The Morgan fingerprint density at radius 2 is 2.13 bits per heavy atom. The van der Waals surface area contributed by atoms with E-state index < -0.39 is 5.97 Å². The molecule has 0 amide bonds. The molecule has 15 heavy (non-hydrogen) atoms. The van der Waals surface area contributed by atoms with Crippen molar-refractivity contribution in [2.75, 3.05) is 0 Å². The molecule has 80 valence electrons. The van der Waals surface area contributed by atoms with Gasteiger partial charge in [0.05, 0.1) is 5.02 Å². The van der Waals surface area contributed by atoms with Crippen LogP contribution in [0, 0.1) is 0 Å². The predicted molar refractivity (Wildman–Crippen MR) is 53.4 cm³/mol. The van der Waals surface area contributed by atoms with Crippen molar-refractivity contribution in [1.29, 1.82) is 0 Å². The molecular weight excluding hydrogens is 220 g/mol. The zero-order valence-electron chi connectivity index (χ0n) is 7.95. The number of hydrogen-bond donors (Lipinski definition) is 2. The van der Waals surface area contributed by atoms with E-state index in [0.29, 0.717) is 12.0 Å². The first-order valence-corrected chi connectivity index (χ1v) is 4.82. The number of aromatic hydroxyl groups is 2. The van der Waals surface area contributed by atoms with Crippen molar-refractivity contribution >= 4 is 17.6 Å². The minimum absolute atomic E-state index is 0.0518. The molecule has 1 atom stereocenters. The van der Waals surface area contributed by atoms with Gasteiger partial charge in [-0.05, 0) is 12.5 Å². The number of phenols is 2. The molecule has 1 aromatic carbocycles. The average molecular weight is 229 g/mol. The quantitative estimate of drug-likeness (QED) is 0.665. The molecule has 2 N–H and O–H groups in total. The van der Waals surface area contributed by atoms with Crippen LogP contribution >= 0.6 is 11.6 Å². The normalized spacial score (nSPS) is 19.6. The predicted octanol–water partition coefficient (Wildman–Crippen LogP) is 1.85. The molecule has 1 heterocycles. The van der Waals surface area contributed by atoms with Crippen molar-refractivity contribution in [1.82, 2.24) is 0 Å². The van der Waals surface area contributed by atoms with Crippen molar-refractivity contribution in [2.24, 2.45) is 0 Å².